The summed E-state index contributed by atoms with van der Waals surface area (Å²) in [6.45, 7) is 5.45. The van der Waals surface area contributed by atoms with Crippen molar-refractivity contribution in [1.82, 2.24) is 5.32 Å². The Kier molecular flexibility index (Phi) is 6.40. The Morgan fingerprint density at radius 3 is 2.58 bits per heavy atom. The third kappa shape index (κ3) is 4.22. The molecule has 0 saturated carbocycles. The van der Waals surface area contributed by atoms with E-state index in [1.165, 1.54) is 0 Å². The zero-order valence-electron chi connectivity index (χ0n) is 18.3. The maximum atomic E-state index is 13.4. The van der Waals surface area contributed by atoms with Crippen molar-refractivity contribution in [3.8, 4) is 0 Å². The molecule has 4 rings (SSSR count). The van der Waals surface area contributed by atoms with Gasteiger partial charge in [-0.15, -0.1) is 0 Å². The molecule has 0 spiro atoms. The molecule has 3 aromatic rings. The van der Waals surface area contributed by atoms with Gasteiger partial charge in [0.15, 0.2) is 0 Å². The van der Waals surface area contributed by atoms with E-state index < -0.39 is 0 Å². The summed E-state index contributed by atoms with van der Waals surface area (Å²) in [5.74, 6) is 0.0163. The van der Waals surface area contributed by atoms with E-state index in [2.05, 4.69) is 24.1 Å². The fraction of sp³-hybridized carbons (Fsp3) is 0.385. The Balaban J connectivity index is 1.75. The van der Waals surface area contributed by atoms with E-state index >= 15 is 0 Å². The number of anilines is 1. The monoisotopic (exact) mass is 418 g/mol. The number of hydrogen-bond donors (Lipinski definition) is 1. The summed E-state index contributed by atoms with van der Waals surface area (Å²) in [7, 11) is 0. The summed E-state index contributed by atoms with van der Waals surface area (Å²) in [5.41, 5.74) is 2.99. The number of amides is 1. The minimum Gasteiger partial charge on any atom is -0.422 e. The lowest BCUT2D eigenvalue weighted by Crippen LogP contribution is -2.51. The van der Waals surface area contributed by atoms with Crippen LogP contribution in [0.4, 0.5) is 5.69 Å². The lowest BCUT2D eigenvalue weighted by Gasteiger charge is -2.41. The van der Waals surface area contributed by atoms with Gasteiger partial charge < -0.3 is 14.6 Å². The molecule has 1 unspecified atom stereocenters. The van der Waals surface area contributed by atoms with Gasteiger partial charge in [0.2, 0.25) is 5.91 Å². The van der Waals surface area contributed by atoms with Gasteiger partial charge in [-0.1, -0.05) is 62.7 Å². The second-order valence-corrected chi connectivity index (χ2v) is 8.25. The first-order chi connectivity index (χ1) is 15.1. The normalized spacial score (nSPS) is 18.1. The number of nitrogens with zero attached hydrogens (tertiary/aromatic N) is 1. The minimum atomic E-state index is -0.307. The molecule has 0 radical (unpaired) electrons. The second-order valence-electron chi connectivity index (χ2n) is 8.25. The standard InChI is InChI=1S/C26H30N2O3/c1-3-5-15-28-21(25(29)27-17-18-11-7-6-8-12-18)16-19(4-2)23-24(28)20-13-9-10-14-22(20)31-26(23)30/h6-14,19,21H,3-5,15-17H2,1-2H3,(H,27,29)/t19-,21?/m1/s1. The van der Waals surface area contributed by atoms with Crippen LogP contribution in [0.15, 0.2) is 63.8 Å². The highest BCUT2D eigenvalue weighted by molar-refractivity contribution is 5.96. The molecule has 0 saturated heterocycles. The average molecular weight is 419 g/mol. The van der Waals surface area contributed by atoms with E-state index in [1.807, 2.05) is 54.6 Å². The Morgan fingerprint density at radius 1 is 1.10 bits per heavy atom. The van der Waals surface area contributed by atoms with E-state index in [1.54, 1.807) is 0 Å². The van der Waals surface area contributed by atoms with Gasteiger partial charge in [0.05, 0.1) is 11.3 Å². The number of carbonyl (C=O) groups excluding carboxylic acids is 1. The highest BCUT2D eigenvalue weighted by Gasteiger charge is 2.39. The summed E-state index contributed by atoms with van der Waals surface area (Å²) in [5, 5.41) is 4.04. The van der Waals surface area contributed by atoms with Gasteiger partial charge in [0, 0.05) is 18.5 Å². The van der Waals surface area contributed by atoms with Crippen LogP contribution in [0, 0.1) is 0 Å². The van der Waals surface area contributed by atoms with Gasteiger partial charge in [0.1, 0.15) is 11.6 Å². The number of rotatable bonds is 7. The number of hydrogen-bond acceptors (Lipinski definition) is 4. The van der Waals surface area contributed by atoms with Crippen LogP contribution >= 0.6 is 0 Å². The lowest BCUT2D eigenvalue weighted by atomic mass is 9.83. The van der Waals surface area contributed by atoms with Crippen molar-refractivity contribution in [3.05, 3.63) is 76.1 Å². The second kappa shape index (κ2) is 9.38. The van der Waals surface area contributed by atoms with E-state index in [-0.39, 0.29) is 23.5 Å². The molecule has 0 bridgehead atoms. The van der Waals surface area contributed by atoms with E-state index in [4.69, 9.17) is 4.42 Å². The van der Waals surface area contributed by atoms with Crippen LogP contribution in [-0.4, -0.2) is 18.5 Å². The van der Waals surface area contributed by atoms with E-state index in [9.17, 15) is 9.59 Å². The molecule has 5 nitrogen and oxygen atoms in total. The van der Waals surface area contributed by atoms with Crippen molar-refractivity contribution in [2.24, 2.45) is 0 Å². The van der Waals surface area contributed by atoms with E-state index in [0.717, 1.165) is 48.0 Å². The Labute approximate surface area is 183 Å². The molecule has 1 N–H and O–H groups in total. The van der Waals surface area contributed by atoms with Crippen LogP contribution in [0.3, 0.4) is 0 Å². The first kappa shape index (κ1) is 21.2. The topological polar surface area (TPSA) is 62.6 Å². The quantitative estimate of drug-likeness (QED) is 0.550. The van der Waals surface area contributed by atoms with Crippen LogP contribution in [0.2, 0.25) is 0 Å². The van der Waals surface area contributed by atoms with Crippen molar-refractivity contribution in [1.29, 1.82) is 0 Å². The first-order valence-electron chi connectivity index (χ1n) is 11.3. The number of nitrogens with one attached hydrogen (secondary N) is 1. The summed E-state index contributed by atoms with van der Waals surface area (Å²) in [4.78, 5) is 28.5. The third-order valence-corrected chi connectivity index (χ3v) is 6.26. The fourth-order valence-electron chi connectivity index (χ4n) is 4.61. The van der Waals surface area contributed by atoms with Crippen LogP contribution in [0.5, 0.6) is 0 Å². The number of benzene rings is 2. The summed E-state index contributed by atoms with van der Waals surface area (Å²) in [6, 6.07) is 17.3. The average Bonchev–Trinajstić information content (AvgIpc) is 2.81. The van der Waals surface area contributed by atoms with Crippen LogP contribution < -0.4 is 15.8 Å². The molecule has 0 aliphatic carbocycles. The molecular formula is C26H30N2O3. The van der Waals surface area contributed by atoms with Crippen LogP contribution in [0.25, 0.3) is 11.0 Å². The zero-order valence-corrected chi connectivity index (χ0v) is 18.3. The molecule has 2 aromatic carbocycles. The zero-order chi connectivity index (χ0) is 21.8. The Hall–Kier alpha value is -3.08. The summed E-state index contributed by atoms with van der Waals surface area (Å²) in [6.07, 6.45) is 3.38. The molecule has 162 valence electrons. The van der Waals surface area contributed by atoms with Crippen molar-refractivity contribution in [2.75, 3.05) is 11.4 Å². The van der Waals surface area contributed by atoms with Gasteiger partial charge >= 0.3 is 5.63 Å². The number of fused-ring (bicyclic) bond motifs is 3. The molecule has 2 heterocycles. The van der Waals surface area contributed by atoms with Gasteiger partial charge in [-0.05, 0) is 42.9 Å². The van der Waals surface area contributed by atoms with Gasteiger partial charge in [-0.25, -0.2) is 4.79 Å². The molecule has 1 aliphatic rings. The fourth-order valence-corrected chi connectivity index (χ4v) is 4.61. The molecule has 1 amide bonds. The first-order valence-corrected chi connectivity index (χ1v) is 11.3. The molecule has 31 heavy (non-hydrogen) atoms. The maximum absolute atomic E-state index is 13.4. The van der Waals surface area contributed by atoms with Crippen LogP contribution in [-0.2, 0) is 11.3 Å². The Morgan fingerprint density at radius 2 is 1.84 bits per heavy atom. The SMILES string of the molecule is CCCCN1c2c(c(=O)oc3ccccc23)[C@H](CC)CC1C(=O)NCc1ccccc1. The number of carbonyl (C=O) groups is 1. The predicted octanol–water partition coefficient (Wildman–Crippen LogP) is 4.98. The maximum Gasteiger partial charge on any atom is 0.341 e. The summed E-state index contributed by atoms with van der Waals surface area (Å²) < 4.78 is 5.66. The van der Waals surface area contributed by atoms with E-state index in [0.29, 0.717) is 18.5 Å². The van der Waals surface area contributed by atoms with Gasteiger partial charge in [0.25, 0.3) is 0 Å². The van der Waals surface area contributed by atoms with Crippen molar-refractivity contribution >= 4 is 22.6 Å². The highest BCUT2D eigenvalue weighted by atomic mass is 16.4. The molecule has 1 aliphatic heterocycles. The van der Waals surface area contributed by atoms with Crippen LogP contribution in [0.1, 0.15) is 56.6 Å². The smallest absolute Gasteiger partial charge is 0.341 e. The lowest BCUT2D eigenvalue weighted by molar-refractivity contribution is -0.123. The molecule has 1 aromatic heterocycles. The largest absolute Gasteiger partial charge is 0.422 e. The predicted molar refractivity (Wildman–Crippen MR) is 124 cm³/mol. The number of unbranched alkanes of at least 4 members (excludes halogenated alkanes) is 1. The third-order valence-electron chi connectivity index (χ3n) is 6.26. The summed E-state index contributed by atoms with van der Waals surface area (Å²) >= 11 is 0. The minimum absolute atomic E-state index is 0.00112. The van der Waals surface area contributed by atoms with Crippen molar-refractivity contribution < 1.29 is 9.21 Å². The number of para-hydroxylation sites is 1. The molecular weight excluding hydrogens is 388 g/mol. The van der Waals surface area contributed by atoms with Crippen molar-refractivity contribution in [2.45, 2.75) is 58.0 Å². The van der Waals surface area contributed by atoms with Gasteiger partial charge in [-0.2, -0.15) is 0 Å². The van der Waals surface area contributed by atoms with Crippen molar-refractivity contribution in [3.63, 3.8) is 0 Å². The molecule has 0 fully saturated rings. The Bertz CT molecular complexity index is 1110. The van der Waals surface area contributed by atoms with Gasteiger partial charge in [-0.3, -0.25) is 4.79 Å². The highest BCUT2D eigenvalue weighted by Crippen LogP contribution is 2.42. The molecule has 2 atom stereocenters. The molecule has 5 heteroatoms.